The largest absolute Gasteiger partial charge is 0.466 e. The van der Waals surface area contributed by atoms with Crippen LogP contribution in [0.1, 0.15) is 316 Å². The Morgan fingerprint density at radius 2 is 0.672 bits per heavy atom. The van der Waals surface area contributed by atoms with Crippen LogP contribution in [0.5, 0.6) is 0 Å². The maximum absolute atomic E-state index is 12.4. The average Bonchev–Trinajstić information content (AvgIpc) is 3.26. The highest BCUT2D eigenvalue weighted by molar-refractivity contribution is 5.76. The summed E-state index contributed by atoms with van der Waals surface area (Å²) in [6, 6.07) is -0.545. The van der Waals surface area contributed by atoms with Gasteiger partial charge in [-0.3, -0.25) is 9.59 Å². The molecule has 0 aliphatic heterocycles. The van der Waals surface area contributed by atoms with Crippen LogP contribution in [0.2, 0.25) is 0 Å². The van der Waals surface area contributed by atoms with Crippen molar-refractivity contribution in [3.63, 3.8) is 0 Å². The first-order chi connectivity index (χ1) is 30.0. The molecule has 0 radical (unpaired) electrons. The molecule has 0 heterocycles. The molecule has 0 bridgehead atoms. The van der Waals surface area contributed by atoms with Gasteiger partial charge in [0.15, 0.2) is 0 Å². The topological polar surface area (TPSA) is 95.9 Å². The van der Waals surface area contributed by atoms with E-state index >= 15 is 0 Å². The minimum absolute atomic E-state index is 0.00563. The molecule has 1 amide bonds. The molecule has 0 aromatic rings. The first-order valence-corrected chi connectivity index (χ1v) is 27.8. The van der Waals surface area contributed by atoms with Crippen LogP contribution >= 0.6 is 0 Å². The van der Waals surface area contributed by atoms with E-state index in [1.807, 2.05) is 0 Å². The van der Waals surface area contributed by atoms with Crippen LogP contribution in [0.25, 0.3) is 0 Å². The molecule has 0 saturated carbocycles. The smallest absolute Gasteiger partial charge is 0.305 e. The van der Waals surface area contributed by atoms with E-state index in [9.17, 15) is 19.8 Å². The number of amides is 1. The van der Waals surface area contributed by atoms with Crippen LogP contribution in [0.15, 0.2) is 0 Å². The van der Waals surface area contributed by atoms with Gasteiger partial charge >= 0.3 is 5.97 Å². The zero-order valence-corrected chi connectivity index (χ0v) is 41.4. The lowest BCUT2D eigenvalue weighted by Crippen LogP contribution is -2.45. The van der Waals surface area contributed by atoms with E-state index in [0.29, 0.717) is 25.9 Å². The van der Waals surface area contributed by atoms with Crippen LogP contribution in [0.3, 0.4) is 0 Å². The molecule has 0 aromatic carbocycles. The van der Waals surface area contributed by atoms with Crippen molar-refractivity contribution in [1.29, 1.82) is 0 Å². The summed E-state index contributed by atoms with van der Waals surface area (Å²) >= 11 is 0. The summed E-state index contributed by atoms with van der Waals surface area (Å²) in [5.74, 6) is -0.0371. The number of unbranched alkanes of at least 4 members (excludes halogenated alkanes) is 41. The molecule has 2 atom stereocenters. The molecule has 0 spiro atoms. The van der Waals surface area contributed by atoms with Crippen LogP contribution in [0.4, 0.5) is 0 Å². The lowest BCUT2D eigenvalue weighted by molar-refractivity contribution is -0.143. The second kappa shape index (κ2) is 51.5. The van der Waals surface area contributed by atoms with E-state index in [4.69, 9.17) is 4.74 Å². The summed E-state index contributed by atoms with van der Waals surface area (Å²) in [5, 5.41) is 23.2. The Labute approximate surface area is 381 Å². The van der Waals surface area contributed by atoms with E-state index < -0.39 is 12.1 Å². The Morgan fingerprint density at radius 1 is 0.393 bits per heavy atom. The fourth-order valence-electron chi connectivity index (χ4n) is 8.88. The number of nitrogens with one attached hydrogen (secondary N) is 1. The minimum Gasteiger partial charge on any atom is -0.466 e. The standard InChI is InChI=1S/C55H109NO5/c1-3-5-7-9-11-13-15-16-17-18-19-22-25-29-33-37-41-45-49-55(60)61-50-46-42-38-34-30-26-23-20-21-24-28-32-36-40-44-48-54(59)56-52(51-57)53(58)47-43-39-35-31-27-14-12-10-8-6-4-2/h52-53,57-58H,3-51H2,1-2H3,(H,56,59). The Hall–Kier alpha value is -1.14. The molecule has 364 valence electrons. The highest BCUT2D eigenvalue weighted by Crippen LogP contribution is 2.18. The van der Waals surface area contributed by atoms with Gasteiger partial charge in [0.1, 0.15) is 0 Å². The Balaban J connectivity index is 3.37. The molecule has 0 fully saturated rings. The summed E-state index contributed by atoms with van der Waals surface area (Å²) in [4.78, 5) is 24.5. The normalized spacial score (nSPS) is 12.5. The van der Waals surface area contributed by atoms with Crippen molar-refractivity contribution in [3.05, 3.63) is 0 Å². The van der Waals surface area contributed by atoms with E-state index in [1.54, 1.807) is 0 Å². The SMILES string of the molecule is CCCCCCCCCCCCCCCCCCCCC(=O)OCCCCCCCCCCCCCCCCCC(=O)NC(CO)C(O)CCCCCCCCCCCCC. The van der Waals surface area contributed by atoms with E-state index in [1.165, 1.54) is 238 Å². The number of ether oxygens (including phenoxy) is 1. The average molecular weight is 864 g/mol. The number of aliphatic hydroxyl groups is 2. The van der Waals surface area contributed by atoms with Crippen LogP contribution in [-0.4, -0.2) is 47.4 Å². The van der Waals surface area contributed by atoms with Crippen molar-refractivity contribution in [2.24, 2.45) is 0 Å². The van der Waals surface area contributed by atoms with Gasteiger partial charge in [0.25, 0.3) is 0 Å². The quantitative estimate of drug-likeness (QED) is 0.0418. The second-order valence-corrected chi connectivity index (χ2v) is 19.3. The van der Waals surface area contributed by atoms with Gasteiger partial charge in [0, 0.05) is 12.8 Å². The summed E-state index contributed by atoms with van der Waals surface area (Å²) in [6.45, 7) is 4.95. The van der Waals surface area contributed by atoms with Gasteiger partial charge in [0.2, 0.25) is 5.91 Å². The molecule has 0 aromatic heterocycles. The number of esters is 1. The third-order valence-electron chi connectivity index (χ3n) is 13.2. The molecule has 0 rings (SSSR count). The molecule has 0 aliphatic carbocycles. The van der Waals surface area contributed by atoms with Crippen LogP contribution in [0, 0.1) is 0 Å². The Morgan fingerprint density at radius 3 is 1.00 bits per heavy atom. The third-order valence-corrected chi connectivity index (χ3v) is 13.2. The molecular weight excluding hydrogens is 755 g/mol. The zero-order valence-electron chi connectivity index (χ0n) is 41.4. The van der Waals surface area contributed by atoms with Gasteiger partial charge in [-0.15, -0.1) is 0 Å². The van der Waals surface area contributed by atoms with Crippen molar-refractivity contribution in [2.75, 3.05) is 13.2 Å². The third kappa shape index (κ3) is 48.2. The van der Waals surface area contributed by atoms with Gasteiger partial charge in [-0.25, -0.2) is 0 Å². The predicted molar refractivity (Wildman–Crippen MR) is 264 cm³/mol. The van der Waals surface area contributed by atoms with Crippen molar-refractivity contribution >= 4 is 11.9 Å². The maximum atomic E-state index is 12.4. The fourth-order valence-corrected chi connectivity index (χ4v) is 8.88. The van der Waals surface area contributed by atoms with E-state index in [0.717, 1.165) is 44.9 Å². The van der Waals surface area contributed by atoms with E-state index in [2.05, 4.69) is 19.2 Å². The van der Waals surface area contributed by atoms with Gasteiger partial charge in [-0.05, 0) is 25.7 Å². The summed E-state index contributed by atoms with van der Waals surface area (Å²) < 4.78 is 5.49. The van der Waals surface area contributed by atoms with Crippen molar-refractivity contribution in [3.8, 4) is 0 Å². The molecule has 3 N–H and O–H groups in total. The van der Waals surface area contributed by atoms with Crippen molar-refractivity contribution in [2.45, 2.75) is 328 Å². The Kier molecular flexibility index (Phi) is 50.5. The van der Waals surface area contributed by atoms with Crippen LogP contribution in [-0.2, 0) is 14.3 Å². The fraction of sp³-hybridized carbons (Fsp3) is 0.964. The maximum Gasteiger partial charge on any atom is 0.305 e. The molecule has 61 heavy (non-hydrogen) atoms. The number of aliphatic hydroxyl groups excluding tert-OH is 2. The number of rotatable bonds is 52. The monoisotopic (exact) mass is 864 g/mol. The lowest BCUT2D eigenvalue weighted by atomic mass is 10.0. The number of hydrogen-bond donors (Lipinski definition) is 3. The Bertz CT molecular complexity index is 867. The van der Waals surface area contributed by atoms with Gasteiger partial charge in [-0.1, -0.05) is 277 Å². The molecule has 0 saturated heterocycles. The highest BCUT2D eigenvalue weighted by Gasteiger charge is 2.20. The molecule has 6 heteroatoms. The van der Waals surface area contributed by atoms with Crippen LogP contribution < -0.4 is 5.32 Å². The molecule has 6 nitrogen and oxygen atoms in total. The summed E-state index contributed by atoms with van der Waals surface area (Å²) in [6.07, 6.45) is 58.0. The van der Waals surface area contributed by atoms with Gasteiger partial charge in [0.05, 0.1) is 25.4 Å². The lowest BCUT2D eigenvalue weighted by Gasteiger charge is -2.22. The minimum atomic E-state index is -0.667. The summed E-state index contributed by atoms with van der Waals surface area (Å²) in [5.41, 5.74) is 0. The van der Waals surface area contributed by atoms with Crippen molar-refractivity contribution in [1.82, 2.24) is 5.32 Å². The van der Waals surface area contributed by atoms with Gasteiger partial charge < -0.3 is 20.3 Å². The predicted octanol–water partition coefficient (Wildman–Crippen LogP) is 16.7. The van der Waals surface area contributed by atoms with Crippen molar-refractivity contribution < 1.29 is 24.5 Å². The first kappa shape index (κ1) is 59.9. The summed E-state index contributed by atoms with van der Waals surface area (Å²) in [7, 11) is 0. The number of hydrogen-bond acceptors (Lipinski definition) is 5. The number of carbonyl (C=O) groups is 2. The highest BCUT2D eigenvalue weighted by atomic mass is 16.5. The molecule has 2 unspecified atom stereocenters. The first-order valence-electron chi connectivity index (χ1n) is 27.8. The molecular formula is C55H109NO5. The van der Waals surface area contributed by atoms with E-state index in [-0.39, 0.29) is 18.5 Å². The zero-order chi connectivity index (χ0) is 44.4. The van der Waals surface area contributed by atoms with Gasteiger partial charge in [-0.2, -0.15) is 0 Å². The second-order valence-electron chi connectivity index (χ2n) is 19.3. The molecule has 0 aliphatic rings. The number of carbonyl (C=O) groups excluding carboxylic acids is 2.